The lowest BCUT2D eigenvalue weighted by atomic mass is 10.2. The highest BCUT2D eigenvalue weighted by Gasteiger charge is 2.24. The standard InChI is InChI=1S/C21H27ClN2O3/c1-16-13-17(22)7-8-20(16)27-15-18(25)14-23-9-11-24(12-10-23)19-5-3-4-6-21(19)26-2/h3-8,13,18,25H,9-12,14-15H2,1-2H3/p+1/t18-/m1/s1. The third-order valence-corrected chi connectivity index (χ3v) is 5.22. The van der Waals surface area contributed by atoms with Crippen LogP contribution >= 0.6 is 11.6 Å². The second-order valence-electron chi connectivity index (χ2n) is 6.99. The van der Waals surface area contributed by atoms with Crippen molar-refractivity contribution in [3.8, 4) is 11.5 Å². The van der Waals surface area contributed by atoms with Crippen molar-refractivity contribution in [1.82, 2.24) is 0 Å². The van der Waals surface area contributed by atoms with Crippen molar-refractivity contribution in [3.63, 3.8) is 0 Å². The van der Waals surface area contributed by atoms with Crippen molar-refractivity contribution in [2.24, 2.45) is 0 Å². The lowest BCUT2D eigenvalue weighted by molar-refractivity contribution is -0.903. The Labute approximate surface area is 166 Å². The molecule has 0 amide bonds. The topological polar surface area (TPSA) is 46.4 Å². The second kappa shape index (κ2) is 9.31. The molecule has 0 saturated carbocycles. The van der Waals surface area contributed by atoms with Gasteiger partial charge in [-0.15, -0.1) is 0 Å². The minimum atomic E-state index is -0.493. The van der Waals surface area contributed by atoms with E-state index in [1.165, 1.54) is 4.90 Å². The van der Waals surface area contributed by atoms with E-state index in [-0.39, 0.29) is 0 Å². The van der Waals surface area contributed by atoms with Gasteiger partial charge >= 0.3 is 0 Å². The van der Waals surface area contributed by atoms with E-state index in [0.717, 1.165) is 48.9 Å². The van der Waals surface area contributed by atoms with Crippen LogP contribution in [0.4, 0.5) is 5.69 Å². The molecule has 0 aromatic heterocycles. The Kier molecular flexibility index (Phi) is 6.83. The minimum absolute atomic E-state index is 0.294. The Hall–Kier alpha value is -1.95. The molecule has 1 heterocycles. The van der Waals surface area contributed by atoms with E-state index in [2.05, 4.69) is 11.0 Å². The molecule has 0 unspecified atom stereocenters. The maximum Gasteiger partial charge on any atom is 0.142 e. The van der Waals surface area contributed by atoms with Gasteiger partial charge in [0.15, 0.2) is 0 Å². The summed E-state index contributed by atoms with van der Waals surface area (Å²) >= 11 is 5.96. The molecule has 27 heavy (non-hydrogen) atoms. The SMILES string of the molecule is COc1ccccc1N1CC[NH+](C[C@@H](O)COc2ccc(Cl)cc2C)CC1. The first-order valence-corrected chi connectivity index (χ1v) is 9.73. The Morgan fingerprint density at radius 1 is 1.15 bits per heavy atom. The molecule has 0 aliphatic carbocycles. The molecule has 1 aliphatic rings. The number of hydrogen-bond acceptors (Lipinski definition) is 4. The molecule has 0 radical (unpaired) electrons. The fourth-order valence-corrected chi connectivity index (χ4v) is 3.74. The van der Waals surface area contributed by atoms with Gasteiger partial charge in [-0.2, -0.15) is 0 Å². The van der Waals surface area contributed by atoms with Gasteiger partial charge in [-0.25, -0.2) is 0 Å². The van der Waals surface area contributed by atoms with E-state index in [4.69, 9.17) is 21.1 Å². The van der Waals surface area contributed by atoms with Crippen molar-refractivity contribution in [1.29, 1.82) is 0 Å². The summed E-state index contributed by atoms with van der Waals surface area (Å²) in [4.78, 5) is 3.74. The zero-order valence-corrected chi connectivity index (χ0v) is 16.7. The number of piperazine rings is 1. The van der Waals surface area contributed by atoms with E-state index in [1.54, 1.807) is 13.2 Å². The van der Waals surface area contributed by atoms with Gasteiger partial charge in [-0.3, -0.25) is 0 Å². The van der Waals surface area contributed by atoms with Crippen LogP contribution in [0.25, 0.3) is 0 Å². The summed E-state index contributed by atoms with van der Waals surface area (Å²) in [7, 11) is 1.71. The van der Waals surface area contributed by atoms with Crippen LogP contribution in [0.3, 0.4) is 0 Å². The van der Waals surface area contributed by atoms with E-state index in [9.17, 15) is 5.11 Å². The largest absolute Gasteiger partial charge is 0.495 e. The first-order valence-electron chi connectivity index (χ1n) is 9.35. The summed E-state index contributed by atoms with van der Waals surface area (Å²) in [5.74, 6) is 1.68. The van der Waals surface area contributed by atoms with Crippen molar-refractivity contribution in [3.05, 3.63) is 53.1 Å². The van der Waals surface area contributed by atoms with Crippen LogP contribution in [0.1, 0.15) is 5.56 Å². The van der Waals surface area contributed by atoms with Crippen LogP contribution < -0.4 is 19.3 Å². The third-order valence-electron chi connectivity index (χ3n) is 4.99. The number of nitrogens with zero attached hydrogens (tertiary/aromatic N) is 1. The van der Waals surface area contributed by atoms with Crippen molar-refractivity contribution in [2.45, 2.75) is 13.0 Å². The normalized spacial score (nSPS) is 16.2. The lowest BCUT2D eigenvalue weighted by Gasteiger charge is -2.35. The third kappa shape index (κ3) is 5.28. The predicted molar refractivity (Wildman–Crippen MR) is 108 cm³/mol. The Morgan fingerprint density at radius 2 is 1.89 bits per heavy atom. The summed E-state index contributed by atoms with van der Waals surface area (Å²) in [5.41, 5.74) is 2.12. The molecule has 6 heteroatoms. The first kappa shape index (κ1) is 19.8. The van der Waals surface area contributed by atoms with E-state index < -0.39 is 6.10 Å². The number of methoxy groups -OCH3 is 1. The summed E-state index contributed by atoms with van der Waals surface area (Å²) < 4.78 is 11.2. The number of halogens is 1. The fourth-order valence-electron chi connectivity index (χ4n) is 3.51. The maximum atomic E-state index is 10.4. The number of quaternary nitrogens is 1. The monoisotopic (exact) mass is 391 g/mol. The molecule has 146 valence electrons. The highest BCUT2D eigenvalue weighted by Crippen LogP contribution is 2.27. The molecule has 3 rings (SSSR count). The van der Waals surface area contributed by atoms with Gasteiger partial charge in [-0.05, 0) is 42.8 Å². The quantitative estimate of drug-likeness (QED) is 0.755. The number of benzene rings is 2. The van der Waals surface area contributed by atoms with Crippen LogP contribution in [-0.2, 0) is 0 Å². The smallest absolute Gasteiger partial charge is 0.142 e. The summed E-state index contributed by atoms with van der Waals surface area (Å²) in [6.45, 7) is 6.79. The van der Waals surface area contributed by atoms with E-state index >= 15 is 0 Å². The first-order chi connectivity index (χ1) is 13.1. The van der Waals surface area contributed by atoms with Crippen molar-refractivity contribution < 1.29 is 19.5 Å². The van der Waals surface area contributed by atoms with Crippen LogP contribution in [0, 0.1) is 6.92 Å². The Balaban J connectivity index is 1.46. The summed E-state index contributed by atoms with van der Waals surface area (Å²) in [6.07, 6.45) is -0.493. The zero-order valence-electron chi connectivity index (χ0n) is 16.0. The number of para-hydroxylation sites is 2. The van der Waals surface area contributed by atoms with E-state index in [1.807, 2.05) is 37.3 Å². The number of aliphatic hydroxyl groups is 1. The molecule has 2 N–H and O–H groups in total. The van der Waals surface area contributed by atoms with Crippen LogP contribution in [0.2, 0.25) is 5.02 Å². The van der Waals surface area contributed by atoms with Gasteiger partial charge in [0.1, 0.15) is 30.8 Å². The molecule has 1 fully saturated rings. The minimum Gasteiger partial charge on any atom is -0.495 e. The fraction of sp³-hybridized carbons (Fsp3) is 0.429. The number of aryl methyl sites for hydroxylation is 1. The lowest BCUT2D eigenvalue weighted by Crippen LogP contribution is -3.16. The molecule has 2 aromatic rings. The van der Waals surface area contributed by atoms with Crippen LogP contribution in [-0.4, -0.2) is 57.7 Å². The van der Waals surface area contributed by atoms with Gasteiger partial charge in [0.05, 0.1) is 39.0 Å². The molecule has 5 nitrogen and oxygen atoms in total. The predicted octanol–water partition coefficient (Wildman–Crippen LogP) is 1.80. The Bertz CT molecular complexity index is 748. The van der Waals surface area contributed by atoms with Crippen LogP contribution in [0.5, 0.6) is 11.5 Å². The number of aliphatic hydroxyl groups excluding tert-OH is 1. The average Bonchev–Trinajstić information content (AvgIpc) is 2.68. The number of ether oxygens (including phenoxy) is 2. The van der Waals surface area contributed by atoms with Gasteiger partial charge in [0.25, 0.3) is 0 Å². The number of hydrogen-bond donors (Lipinski definition) is 2. The van der Waals surface area contributed by atoms with Gasteiger partial charge in [-0.1, -0.05) is 23.7 Å². The highest BCUT2D eigenvalue weighted by molar-refractivity contribution is 6.30. The molecule has 1 saturated heterocycles. The van der Waals surface area contributed by atoms with Gasteiger partial charge < -0.3 is 24.4 Å². The van der Waals surface area contributed by atoms with Crippen molar-refractivity contribution in [2.75, 3.05) is 51.3 Å². The molecule has 1 atom stereocenters. The average molecular weight is 392 g/mol. The van der Waals surface area contributed by atoms with Crippen LogP contribution in [0.15, 0.2) is 42.5 Å². The second-order valence-corrected chi connectivity index (χ2v) is 7.42. The maximum absolute atomic E-state index is 10.4. The zero-order chi connectivity index (χ0) is 19.2. The molecule has 1 aliphatic heterocycles. The van der Waals surface area contributed by atoms with Crippen molar-refractivity contribution >= 4 is 17.3 Å². The van der Waals surface area contributed by atoms with E-state index in [0.29, 0.717) is 18.2 Å². The number of rotatable bonds is 7. The molecular weight excluding hydrogens is 364 g/mol. The number of anilines is 1. The number of nitrogens with one attached hydrogen (secondary N) is 1. The molecule has 2 aromatic carbocycles. The van der Waals surface area contributed by atoms with Gasteiger partial charge in [0, 0.05) is 5.02 Å². The Morgan fingerprint density at radius 3 is 2.59 bits per heavy atom. The molecule has 0 bridgehead atoms. The molecular formula is C21H28ClN2O3+. The molecule has 0 spiro atoms. The highest BCUT2D eigenvalue weighted by atomic mass is 35.5. The van der Waals surface area contributed by atoms with Gasteiger partial charge in [0.2, 0.25) is 0 Å². The summed E-state index contributed by atoms with van der Waals surface area (Å²) in [6, 6.07) is 13.6. The summed E-state index contributed by atoms with van der Waals surface area (Å²) in [5, 5.41) is 11.1.